The zero-order valence-electron chi connectivity index (χ0n) is 10.1. The Bertz CT molecular complexity index is 406. The molecule has 1 aromatic rings. The lowest BCUT2D eigenvalue weighted by Crippen LogP contribution is -2.29. The average molecular weight is 241 g/mol. The van der Waals surface area contributed by atoms with Crippen molar-refractivity contribution in [2.75, 3.05) is 19.7 Å². The fourth-order valence-corrected chi connectivity index (χ4v) is 1.90. The molecule has 1 N–H and O–H groups in total. The van der Waals surface area contributed by atoms with Gasteiger partial charge >= 0.3 is 0 Å². The second-order valence-electron chi connectivity index (χ2n) is 5.27. The summed E-state index contributed by atoms with van der Waals surface area (Å²) >= 11 is 0. The van der Waals surface area contributed by atoms with Gasteiger partial charge in [-0.1, -0.05) is 19.9 Å². The van der Waals surface area contributed by atoms with E-state index in [4.69, 9.17) is 4.74 Å². The Morgan fingerprint density at radius 1 is 1.29 bits per heavy atom. The molecule has 0 saturated carbocycles. The minimum Gasteiger partial charge on any atom is -0.372 e. The van der Waals surface area contributed by atoms with Crippen molar-refractivity contribution in [3.05, 3.63) is 35.4 Å². The predicted molar refractivity (Wildman–Crippen MR) is 61.7 cm³/mol. The van der Waals surface area contributed by atoms with Crippen molar-refractivity contribution in [2.45, 2.75) is 20.0 Å². The maximum atomic E-state index is 13.1. The highest BCUT2D eigenvalue weighted by molar-refractivity contribution is 5.20. The van der Waals surface area contributed by atoms with Crippen LogP contribution in [0.5, 0.6) is 0 Å². The van der Waals surface area contributed by atoms with Crippen LogP contribution in [-0.2, 0) is 4.74 Å². The first-order chi connectivity index (χ1) is 7.98. The third kappa shape index (κ3) is 3.01. The third-order valence-corrected chi connectivity index (χ3v) is 2.92. The summed E-state index contributed by atoms with van der Waals surface area (Å²) in [4.78, 5) is 0. The Hall–Kier alpha value is -1.00. The van der Waals surface area contributed by atoms with Gasteiger partial charge in [0.15, 0.2) is 11.6 Å². The molecule has 1 aromatic carbocycles. The van der Waals surface area contributed by atoms with E-state index in [0.29, 0.717) is 18.7 Å². The molecule has 17 heavy (non-hydrogen) atoms. The molecule has 4 heteroatoms. The summed E-state index contributed by atoms with van der Waals surface area (Å²) in [5.74, 6) is -1.65. The first kappa shape index (κ1) is 12.5. The second-order valence-corrected chi connectivity index (χ2v) is 5.27. The van der Waals surface area contributed by atoms with Gasteiger partial charge in [0.1, 0.15) is 0 Å². The summed E-state index contributed by atoms with van der Waals surface area (Å²) in [7, 11) is 0. The van der Waals surface area contributed by atoms with Crippen LogP contribution in [0.4, 0.5) is 8.78 Å². The quantitative estimate of drug-likeness (QED) is 0.816. The highest BCUT2D eigenvalue weighted by Crippen LogP contribution is 2.25. The number of benzene rings is 1. The standard InChI is InChI=1S/C13H17F2NO/c1-13(2)7-16-6-12(17-8-13)9-3-4-10(14)11(15)5-9/h3-5,12,16H,6-8H2,1-2H3. The molecule has 1 saturated heterocycles. The fraction of sp³-hybridized carbons (Fsp3) is 0.538. The van der Waals surface area contributed by atoms with Gasteiger partial charge in [-0.2, -0.15) is 0 Å². The molecule has 1 unspecified atom stereocenters. The maximum absolute atomic E-state index is 13.1. The molecule has 0 radical (unpaired) electrons. The van der Waals surface area contributed by atoms with Crippen LogP contribution in [-0.4, -0.2) is 19.7 Å². The lowest BCUT2D eigenvalue weighted by atomic mass is 9.95. The molecule has 2 nitrogen and oxygen atoms in total. The third-order valence-electron chi connectivity index (χ3n) is 2.92. The number of hydrogen-bond donors (Lipinski definition) is 1. The van der Waals surface area contributed by atoms with Crippen LogP contribution < -0.4 is 5.32 Å². The molecular formula is C13H17F2NO. The van der Waals surface area contributed by atoms with Crippen LogP contribution in [0.3, 0.4) is 0 Å². The van der Waals surface area contributed by atoms with E-state index in [9.17, 15) is 8.78 Å². The van der Waals surface area contributed by atoms with Gasteiger partial charge in [0, 0.05) is 18.5 Å². The van der Waals surface area contributed by atoms with Gasteiger partial charge in [0.25, 0.3) is 0 Å². The molecule has 0 bridgehead atoms. The fourth-order valence-electron chi connectivity index (χ4n) is 1.90. The summed E-state index contributed by atoms with van der Waals surface area (Å²) in [5.41, 5.74) is 0.738. The lowest BCUT2D eigenvalue weighted by Gasteiger charge is -2.21. The molecule has 0 aliphatic carbocycles. The van der Waals surface area contributed by atoms with E-state index in [2.05, 4.69) is 19.2 Å². The van der Waals surface area contributed by atoms with E-state index in [1.165, 1.54) is 6.07 Å². The number of hydrogen-bond acceptors (Lipinski definition) is 2. The van der Waals surface area contributed by atoms with Gasteiger partial charge in [-0.15, -0.1) is 0 Å². The van der Waals surface area contributed by atoms with Crippen LogP contribution in [0, 0.1) is 17.0 Å². The molecule has 1 aliphatic heterocycles. The second kappa shape index (κ2) is 4.70. The van der Waals surface area contributed by atoms with Crippen LogP contribution in [0.25, 0.3) is 0 Å². The number of ether oxygens (including phenoxy) is 1. The van der Waals surface area contributed by atoms with Crippen molar-refractivity contribution in [3.8, 4) is 0 Å². The van der Waals surface area contributed by atoms with E-state index >= 15 is 0 Å². The highest BCUT2D eigenvalue weighted by atomic mass is 19.2. The van der Waals surface area contributed by atoms with Gasteiger partial charge in [-0.05, 0) is 17.7 Å². The van der Waals surface area contributed by atoms with Crippen molar-refractivity contribution < 1.29 is 13.5 Å². The van der Waals surface area contributed by atoms with E-state index in [-0.39, 0.29) is 11.5 Å². The largest absolute Gasteiger partial charge is 0.372 e. The van der Waals surface area contributed by atoms with Crippen molar-refractivity contribution in [1.29, 1.82) is 0 Å². The van der Waals surface area contributed by atoms with Gasteiger partial charge < -0.3 is 10.1 Å². The smallest absolute Gasteiger partial charge is 0.159 e. The molecule has 0 amide bonds. The number of rotatable bonds is 1. The Balaban J connectivity index is 2.14. The first-order valence-electron chi connectivity index (χ1n) is 5.75. The van der Waals surface area contributed by atoms with Crippen molar-refractivity contribution >= 4 is 0 Å². The molecule has 0 aromatic heterocycles. The Labute approximate surface area is 100.0 Å². The van der Waals surface area contributed by atoms with E-state index < -0.39 is 11.6 Å². The van der Waals surface area contributed by atoms with Gasteiger partial charge in [-0.3, -0.25) is 0 Å². The Morgan fingerprint density at radius 3 is 2.76 bits per heavy atom. The lowest BCUT2D eigenvalue weighted by molar-refractivity contribution is 0.0258. The van der Waals surface area contributed by atoms with Gasteiger partial charge in [0.05, 0.1) is 12.7 Å². The molecule has 0 spiro atoms. The van der Waals surface area contributed by atoms with E-state index in [0.717, 1.165) is 12.6 Å². The monoisotopic (exact) mass is 241 g/mol. The summed E-state index contributed by atoms with van der Waals surface area (Å²) < 4.78 is 31.7. The van der Waals surface area contributed by atoms with Crippen LogP contribution in [0.1, 0.15) is 25.5 Å². The normalized spacial score (nSPS) is 24.4. The Morgan fingerprint density at radius 2 is 2.06 bits per heavy atom. The summed E-state index contributed by atoms with van der Waals surface area (Å²) in [5, 5.41) is 3.28. The van der Waals surface area contributed by atoms with Crippen LogP contribution in [0.2, 0.25) is 0 Å². The van der Waals surface area contributed by atoms with Crippen molar-refractivity contribution in [1.82, 2.24) is 5.32 Å². The molecule has 1 heterocycles. The van der Waals surface area contributed by atoms with Crippen LogP contribution >= 0.6 is 0 Å². The molecular weight excluding hydrogens is 224 g/mol. The van der Waals surface area contributed by atoms with Crippen LogP contribution in [0.15, 0.2) is 18.2 Å². The first-order valence-corrected chi connectivity index (χ1v) is 5.75. The maximum Gasteiger partial charge on any atom is 0.159 e. The highest BCUT2D eigenvalue weighted by Gasteiger charge is 2.25. The SMILES string of the molecule is CC1(C)CNCC(c2ccc(F)c(F)c2)OC1. The van der Waals surface area contributed by atoms with E-state index in [1.54, 1.807) is 6.07 Å². The minimum atomic E-state index is -0.824. The zero-order valence-corrected chi connectivity index (χ0v) is 10.1. The summed E-state index contributed by atoms with van der Waals surface area (Å²) in [6.45, 7) is 6.28. The molecule has 1 atom stereocenters. The van der Waals surface area contributed by atoms with Crippen molar-refractivity contribution in [2.24, 2.45) is 5.41 Å². The van der Waals surface area contributed by atoms with E-state index in [1.807, 2.05) is 0 Å². The molecule has 2 rings (SSSR count). The molecule has 94 valence electrons. The number of halogens is 2. The topological polar surface area (TPSA) is 21.3 Å². The predicted octanol–water partition coefficient (Wildman–Crippen LogP) is 2.65. The minimum absolute atomic E-state index is 0.0628. The Kier molecular flexibility index (Phi) is 3.45. The average Bonchev–Trinajstić information content (AvgIpc) is 2.44. The molecule has 1 aliphatic rings. The summed E-state index contributed by atoms with van der Waals surface area (Å²) in [6.07, 6.45) is -0.216. The zero-order chi connectivity index (χ0) is 12.5. The number of nitrogens with one attached hydrogen (secondary N) is 1. The van der Waals surface area contributed by atoms with Crippen molar-refractivity contribution in [3.63, 3.8) is 0 Å². The van der Waals surface area contributed by atoms with Gasteiger partial charge in [0.2, 0.25) is 0 Å². The van der Waals surface area contributed by atoms with Gasteiger partial charge in [-0.25, -0.2) is 8.78 Å². The summed E-state index contributed by atoms with van der Waals surface area (Å²) in [6, 6.07) is 3.92. The molecule has 1 fully saturated rings.